The van der Waals surface area contributed by atoms with Gasteiger partial charge in [0.25, 0.3) is 0 Å². The first-order valence-electron chi connectivity index (χ1n) is 12.9. The topological polar surface area (TPSA) is 117 Å². The van der Waals surface area contributed by atoms with Crippen molar-refractivity contribution in [2.75, 3.05) is 48.0 Å². The van der Waals surface area contributed by atoms with Gasteiger partial charge in [-0.25, -0.2) is 9.78 Å². The first-order valence-corrected chi connectivity index (χ1v) is 13.7. The van der Waals surface area contributed by atoms with Crippen LogP contribution in [-0.2, 0) is 17.7 Å². The predicted octanol–water partition coefficient (Wildman–Crippen LogP) is 3.72. The zero-order valence-corrected chi connectivity index (χ0v) is 22.1. The van der Waals surface area contributed by atoms with Crippen LogP contribution in [0.5, 0.6) is 0 Å². The van der Waals surface area contributed by atoms with Gasteiger partial charge in [-0.05, 0) is 57.1 Å². The van der Waals surface area contributed by atoms with Crippen molar-refractivity contribution in [2.24, 2.45) is 5.92 Å². The van der Waals surface area contributed by atoms with Crippen molar-refractivity contribution >= 4 is 40.0 Å². The van der Waals surface area contributed by atoms with Gasteiger partial charge in [-0.2, -0.15) is 9.97 Å². The molecule has 0 amide bonds. The summed E-state index contributed by atoms with van der Waals surface area (Å²) < 4.78 is 5.17. The van der Waals surface area contributed by atoms with Crippen LogP contribution in [0, 0.1) is 12.8 Å². The molecule has 0 radical (unpaired) electrons. The lowest BCUT2D eigenvalue weighted by atomic mass is 9.94. The Balaban J connectivity index is 1.45. The summed E-state index contributed by atoms with van der Waals surface area (Å²) in [5.41, 5.74) is 2.92. The quantitative estimate of drug-likeness (QED) is 0.402. The summed E-state index contributed by atoms with van der Waals surface area (Å²) in [6.07, 6.45) is 7.48. The fourth-order valence-electron chi connectivity index (χ4n) is 5.03. The van der Waals surface area contributed by atoms with Crippen LogP contribution in [0.3, 0.4) is 0 Å². The monoisotopic (exact) mass is 523 g/mol. The number of aromatic nitrogens is 4. The molecule has 0 spiro atoms. The van der Waals surface area contributed by atoms with Crippen LogP contribution < -0.4 is 15.1 Å². The average Bonchev–Trinajstić information content (AvgIpc) is 3.48. The van der Waals surface area contributed by atoms with Crippen LogP contribution in [0.25, 0.3) is 0 Å². The highest BCUT2D eigenvalue weighted by atomic mass is 32.1. The Hall–Kier alpha value is -3.31. The molecule has 196 valence electrons. The number of ether oxygens (including phenoxy) is 1. The number of thiazole rings is 1. The first kappa shape index (κ1) is 25.3. The van der Waals surface area contributed by atoms with Crippen molar-refractivity contribution in [3.8, 4) is 0 Å². The first-order chi connectivity index (χ1) is 18.1. The molecule has 5 rings (SSSR count). The van der Waals surface area contributed by atoms with Crippen molar-refractivity contribution in [3.63, 3.8) is 0 Å². The molecule has 0 aliphatic carbocycles. The third-order valence-electron chi connectivity index (χ3n) is 6.92. The molecule has 0 aromatic carbocycles. The van der Waals surface area contributed by atoms with Crippen LogP contribution >= 0.6 is 11.3 Å². The summed E-state index contributed by atoms with van der Waals surface area (Å²) in [7, 11) is 0. The third-order valence-corrected chi connectivity index (χ3v) is 7.97. The van der Waals surface area contributed by atoms with E-state index in [1.807, 2.05) is 12.3 Å². The molecule has 2 N–H and O–H groups in total. The van der Waals surface area contributed by atoms with E-state index in [-0.39, 0.29) is 12.6 Å². The zero-order chi connectivity index (χ0) is 25.8. The molecule has 1 saturated heterocycles. The van der Waals surface area contributed by atoms with Crippen molar-refractivity contribution in [1.82, 2.24) is 19.9 Å². The number of hydrogen-bond acceptors (Lipinski definition) is 11. The van der Waals surface area contributed by atoms with Gasteiger partial charge in [-0.1, -0.05) is 17.4 Å². The minimum atomic E-state index is -0.366. The van der Waals surface area contributed by atoms with Crippen LogP contribution in [0.2, 0.25) is 0 Å². The fraction of sp³-hybridized carbons (Fsp3) is 0.500. The normalized spacial score (nSPS) is 15.6. The second kappa shape index (κ2) is 11.4. The summed E-state index contributed by atoms with van der Waals surface area (Å²) in [5, 5.41) is 13.2. The van der Waals surface area contributed by atoms with Crippen molar-refractivity contribution < 1.29 is 14.6 Å². The Kier molecular flexibility index (Phi) is 7.80. The zero-order valence-electron chi connectivity index (χ0n) is 21.3. The predicted molar refractivity (Wildman–Crippen MR) is 144 cm³/mol. The van der Waals surface area contributed by atoms with Gasteiger partial charge < -0.3 is 19.6 Å². The van der Waals surface area contributed by atoms with Crippen molar-refractivity contribution in [2.45, 2.75) is 46.1 Å². The molecule has 0 atom stereocenters. The van der Waals surface area contributed by atoms with Crippen molar-refractivity contribution in [1.29, 1.82) is 0 Å². The largest absolute Gasteiger partial charge is 0.462 e. The number of carbonyl (C=O) groups is 1. The van der Waals surface area contributed by atoms with Gasteiger partial charge in [0.15, 0.2) is 5.13 Å². The number of aliphatic hydroxyl groups is 1. The number of carbonyl (C=O) groups excluding carboxylic acids is 1. The maximum Gasteiger partial charge on any atom is 0.350 e. The van der Waals surface area contributed by atoms with Gasteiger partial charge in [-0.3, -0.25) is 10.3 Å². The second-order valence-electron chi connectivity index (χ2n) is 9.43. The smallest absolute Gasteiger partial charge is 0.350 e. The Morgan fingerprint density at radius 2 is 2.03 bits per heavy atom. The van der Waals surface area contributed by atoms with Gasteiger partial charge in [0.05, 0.1) is 12.3 Å². The average molecular weight is 524 g/mol. The Labute approximate surface area is 220 Å². The molecule has 5 heterocycles. The molecule has 3 aromatic heterocycles. The minimum Gasteiger partial charge on any atom is -0.462 e. The summed E-state index contributed by atoms with van der Waals surface area (Å²) in [5.74, 6) is 2.54. The van der Waals surface area contributed by atoms with Crippen LogP contribution in [0.1, 0.15) is 52.7 Å². The van der Waals surface area contributed by atoms with E-state index < -0.39 is 0 Å². The number of nitrogens with one attached hydrogen (secondary N) is 1. The number of anilines is 4. The molecule has 37 heavy (non-hydrogen) atoms. The Bertz CT molecular complexity index is 1230. The minimum absolute atomic E-state index is 0.242. The second-order valence-corrected chi connectivity index (χ2v) is 10.4. The maximum atomic E-state index is 12.3. The van der Waals surface area contributed by atoms with Crippen LogP contribution in [0.15, 0.2) is 24.5 Å². The van der Waals surface area contributed by atoms with E-state index in [2.05, 4.69) is 31.2 Å². The number of esters is 1. The van der Waals surface area contributed by atoms with E-state index in [9.17, 15) is 9.90 Å². The molecule has 10 nitrogen and oxygen atoms in total. The van der Waals surface area contributed by atoms with E-state index in [4.69, 9.17) is 14.7 Å². The lowest BCUT2D eigenvalue weighted by Crippen LogP contribution is -2.35. The van der Waals surface area contributed by atoms with Gasteiger partial charge in [0.1, 0.15) is 16.5 Å². The molecule has 0 bridgehead atoms. The van der Waals surface area contributed by atoms with E-state index in [1.165, 1.54) is 11.3 Å². The third kappa shape index (κ3) is 5.67. The molecule has 2 aliphatic rings. The Morgan fingerprint density at radius 3 is 2.76 bits per heavy atom. The van der Waals surface area contributed by atoms with Crippen LogP contribution in [-0.4, -0.2) is 63.9 Å². The van der Waals surface area contributed by atoms with Gasteiger partial charge >= 0.3 is 5.97 Å². The fourth-order valence-corrected chi connectivity index (χ4v) is 5.88. The SMILES string of the molecule is CCOC(=O)c1sc(Nc2nc(N3CCC(CCO)CC3)c3c(n2)N(Cc2cccnc2)CC3)nc1C. The number of hydrogen-bond donors (Lipinski definition) is 2. The van der Waals surface area contributed by atoms with Crippen LogP contribution in [0.4, 0.5) is 22.7 Å². The molecule has 3 aromatic rings. The Morgan fingerprint density at radius 1 is 1.22 bits per heavy atom. The number of pyridine rings is 1. The van der Waals surface area contributed by atoms with E-state index in [0.29, 0.717) is 34.2 Å². The summed E-state index contributed by atoms with van der Waals surface area (Å²) in [4.78, 5) is 36.1. The molecular formula is C26H33N7O3S. The number of nitrogens with zero attached hydrogens (tertiary/aromatic N) is 6. The molecule has 0 saturated carbocycles. The van der Waals surface area contributed by atoms with E-state index in [1.54, 1.807) is 20.0 Å². The molecule has 0 unspecified atom stereocenters. The number of aryl methyl sites for hydroxylation is 1. The van der Waals surface area contributed by atoms with Crippen molar-refractivity contribution in [3.05, 3.63) is 46.2 Å². The highest BCUT2D eigenvalue weighted by Gasteiger charge is 2.30. The number of rotatable bonds is 9. The molecule has 2 aliphatic heterocycles. The highest BCUT2D eigenvalue weighted by Crippen LogP contribution is 2.37. The number of piperidine rings is 1. The van der Waals surface area contributed by atoms with Gasteiger partial charge in [-0.15, -0.1) is 0 Å². The molecule has 11 heteroatoms. The van der Waals surface area contributed by atoms with Gasteiger partial charge in [0, 0.05) is 50.7 Å². The number of fused-ring (bicyclic) bond motifs is 1. The number of aliphatic hydroxyl groups excluding tert-OH is 1. The summed E-state index contributed by atoms with van der Waals surface area (Å²) in [6, 6.07) is 4.03. The molecule has 1 fully saturated rings. The summed E-state index contributed by atoms with van der Waals surface area (Å²) >= 11 is 1.25. The summed E-state index contributed by atoms with van der Waals surface area (Å²) in [6.45, 7) is 7.54. The maximum absolute atomic E-state index is 12.3. The van der Waals surface area contributed by atoms with E-state index >= 15 is 0 Å². The standard InChI is InChI=1S/C26H33N7O3S/c1-3-36-24(35)21-17(2)28-26(37-21)31-25-29-22(32-11-6-18(7-12-32)9-14-34)20-8-13-33(23(20)30-25)16-19-5-4-10-27-15-19/h4-5,10,15,18,34H,3,6-9,11-14,16H2,1-2H3,(H,28,29,30,31). The van der Waals surface area contributed by atoms with E-state index in [0.717, 1.165) is 74.6 Å². The molecular weight excluding hydrogens is 490 g/mol. The highest BCUT2D eigenvalue weighted by molar-refractivity contribution is 7.17. The lowest BCUT2D eigenvalue weighted by molar-refractivity contribution is 0.0531. The lowest BCUT2D eigenvalue weighted by Gasteiger charge is -2.33. The van der Waals surface area contributed by atoms with Gasteiger partial charge in [0.2, 0.25) is 5.95 Å².